The lowest BCUT2D eigenvalue weighted by Crippen LogP contribution is -2.43. The van der Waals surface area contributed by atoms with Crippen molar-refractivity contribution in [2.45, 2.75) is 38.6 Å². The number of hydrogen-bond acceptors (Lipinski definition) is 3. The van der Waals surface area contributed by atoms with E-state index in [0.717, 1.165) is 25.7 Å². The number of sulfonamides is 1. The number of nitrogens with two attached hydrogens (primary N) is 1. The van der Waals surface area contributed by atoms with Crippen LogP contribution in [0.5, 0.6) is 0 Å². The SMILES string of the molecule is CCCCS(=O)(=O)N1CCC(N)CC1. The smallest absolute Gasteiger partial charge is 0.214 e. The van der Waals surface area contributed by atoms with Crippen LogP contribution in [0, 0.1) is 0 Å². The Morgan fingerprint density at radius 3 is 2.43 bits per heavy atom. The Labute approximate surface area is 86.5 Å². The first-order chi connectivity index (χ1) is 6.56. The van der Waals surface area contributed by atoms with E-state index in [2.05, 4.69) is 0 Å². The van der Waals surface area contributed by atoms with Crippen LogP contribution in [0.3, 0.4) is 0 Å². The van der Waals surface area contributed by atoms with Crippen LogP contribution >= 0.6 is 0 Å². The molecule has 1 fully saturated rings. The van der Waals surface area contributed by atoms with Gasteiger partial charge in [-0.3, -0.25) is 0 Å². The van der Waals surface area contributed by atoms with Gasteiger partial charge in [0.05, 0.1) is 5.75 Å². The van der Waals surface area contributed by atoms with Gasteiger partial charge in [-0.2, -0.15) is 0 Å². The van der Waals surface area contributed by atoms with Crippen LogP contribution in [-0.4, -0.2) is 37.6 Å². The highest BCUT2D eigenvalue weighted by Crippen LogP contribution is 2.13. The maximum Gasteiger partial charge on any atom is 0.214 e. The molecule has 2 N–H and O–H groups in total. The molecule has 5 heteroatoms. The van der Waals surface area contributed by atoms with E-state index >= 15 is 0 Å². The largest absolute Gasteiger partial charge is 0.328 e. The molecule has 0 spiro atoms. The van der Waals surface area contributed by atoms with Crippen molar-refractivity contribution < 1.29 is 8.42 Å². The molecule has 0 aromatic carbocycles. The van der Waals surface area contributed by atoms with E-state index in [-0.39, 0.29) is 6.04 Å². The number of hydrogen-bond donors (Lipinski definition) is 1. The Morgan fingerprint density at radius 1 is 1.36 bits per heavy atom. The van der Waals surface area contributed by atoms with Crippen LogP contribution in [0.1, 0.15) is 32.6 Å². The number of piperidine rings is 1. The zero-order valence-electron chi connectivity index (χ0n) is 8.78. The summed E-state index contributed by atoms with van der Waals surface area (Å²) in [5.74, 6) is 0.290. The molecule has 0 aromatic heterocycles. The van der Waals surface area contributed by atoms with E-state index in [0.29, 0.717) is 18.8 Å². The summed E-state index contributed by atoms with van der Waals surface area (Å²) in [5, 5.41) is 0. The second-order valence-corrected chi connectivity index (χ2v) is 5.99. The maximum atomic E-state index is 11.7. The molecule has 0 unspecified atom stereocenters. The molecule has 0 radical (unpaired) electrons. The predicted octanol–water partition coefficient (Wildman–Crippen LogP) is 0.539. The van der Waals surface area contributed by atoms with Crippen molar-refractivity contribution in [1.82, 2.24) is 4.31 Å². The molecule has 0 atom stereocenters. The van der Waals surface area contributed by atoms with Gasteiger partial charge in [0.1, 0.15) is 0 Å². The van der Waals surface area contributed by atoms with Crippen molar-refractivity contribution in [2.24, 2.45) is 5.73 Å². The third-order valence-corrected chi connectivity index (χ3v) is 4.60. The van der Waals surface area contributed by atoms with Gasteiger partial charge in [-0.05, 0) is 19.3 Å². The van der Waals surface area contributed by atoms with Crippen LogP contribution < -0.4 is 5.73 Å². The summed E-state index contributed by atoms with van der Waals surface area (Å²) < 4.78 is 25.1. The van der Waals surface area contributed by atoms with Crippen molar-refractivity contribution in [2.75, 3.05) is 18.8 Å². The van der Waals surface area contributed by atoms with Gasteiger partial charge in [-0.25, -0.2) is 12.7 Å². The minimum atomic E-state index is -2.99. The maximum absolute atomic E-state index is 11.7. The second-order valence-electron chi connectivity index (χ2n) is 3.91. The molecular formula is C9H20N2O2S. The molecule has 1 aliphatic heterocycles. The lowest BCUT2D eigenvalue weighted by Gasteiger charge is -2.29. The quantitative estimate of drug-likeness (QED) is 0.752. The number of nitrogens with zero attached hydrogens (tertiary/aromatic N) is 1. The van der Waals surface area contributed by atoms with Gasteiger partial charge in [0.15, 0.2) is 0 Å². The van der Waals surface area contributed by atoms with Gasteiger partial charge in [-0.15, -0.1) is 0 Å². The summed E-state index contributed by atoms with van der Waals surface area (Å²) in [4.78, 5) is 0. The van der Waals surface area contributed by atoms with Crippen molar-refractivity contribution in [3.05, 3.63) is 0 Å². The lowest BCUT2D eigenvalue weighted by atomic mass is 10.1. The van der Waals surface area contributed by atoms with E-state index in [1.807, 2.05) is 6.92 Å². The summed E-state index contributed by atoms with van der Waals surface area (Å²) in [6.45, 7) is 3.21. The van der Waals surface area contributed by atoms with Crippen molar-refractivity contribution in [1.29, 1.82) is 0 Å². The van der Waals surface area contributed by atoms with Gasteiger partial charge >= 0.3 is 0 Å². The van der Waals surface area contributed by atoms with Crippen molar-refractivity contribution >= 4 is 10.0 Å². The molecule has 1 heterocycles. The van der Waals surface area contributed by atoms with Crippen LogP contribution in [0.25, 0.3) is 0 Å². The van der Waals surface area contributed by atoms with Crippen molar-refractivity contribution in [3.8, 4) is 0 Å². The average Bonchev–Trinajstić information content (AvgIpc) is 2.16. The molecule has 84 valence electrons. The topological polar surface area (TPSA) is 63.4 Å². The molecule has 0 amide bonds. The monoisotopic (exact) mass is 220 g/mol. The molecule has 0 aromatic rings. The number of unbranched alkanes of at least 4 members (excludes halogenated alkanes) is 1. The van der Waals surface area contributed by atoms with Gasteiger partial charge < -0.3 is 5.73 Å². The standard InChI is InChI=1S/C9H20N2O2S/c1-2-3-8-14(12,13)11-6-4-9(10)5-7-11/h9H,2-8,10H2,1H3. The van der Waals surface area contributed by atoms with Crippen LogP contribution in [0.4, 0.5) is 0 Å². The minimum Gasteiger partial charge on any atom is -0.328 e. The first-order valence-corrected chi connectivity index (χ1v) is 6.90. The van der Waals surface area contributed by atoms with E-state index < -0.39 is 10.0 Å². The Hall–Kier alpha value is -0.130. The fourth-order valence-corrected chi connectivity index (χ4v) is 3.29. The fourth-order valence-electron chi connectivity index (χ4n) is 1.61. The molecule has 1 rings (SSSR count). The third-order valence-electron chi connectivity index (χ3n) is 2.65. The predicted molar refractivity (Wildman–Crippen MR) is 57.5 cm³/mol. The second kappa shape index (κ2) is 5.09. The summed E-state index contributed by atoms with van der Waals surface area (Å²) in [7, 11) is -2.99. The highest BCUT2D eigenvalue weighted by atomic mass is 32.2. The first-order valence-electron chi connectivity index (χ1n) is 5.29. The van der Waals surface area contributed by atoms with Crippen LogP contribution in [-0.2, 0) is 10.0 Å². The highest BCUT2D eigenvalue weighted by Gasteiger charge is 2.25. The van der Waals surface area contributed by atoms with E-state index in [4.69, 9.17) is 5.73 Å². The van der Waals surface area contributed by atoms with E-state index in [9.17, 15) is 8.42 Å². The summed E-state index contributed by atoms with van der Waals surface area (Å²) in [5.41, 5.74) is 5.72. The van der Waals surface area contributed by atoms with E-state index in [1.54, 1.807) is 4.31 Å². The van der Waals surface area contributed by atoms with Gasteiger partial charge in [0.2, 0.25) is 10.0 Å². The number of rotatable bonds is 4. The molecule has 0 saturated carbocycles. The molecule has 1 aliphatic rings. The van der Waals surface area contributed by atoms with E-state index in [1.165, 1.54) is 0 Å². The molecule has 0 aliphatic carbocycles. The Morgan fingerprint density at radius 2 is 1.93 bits per heavy atom. The molecule has 1 saturated heterocycles. The third kappa shape index (κ3) is 3.22. The van der Waals surface area contributed by atoms with Gasteiger partial charge in [0.25, 0.3) is 0 Å². The summed E-state index contributed by atoms with van der Waals surface area (Å²) in [6, 6.07) is 0.188. The zero-order valence-corrected chi connectivity index (χ0v) is 9.59. The Bertz CT molecular complexity index is 256. The Kier molecular flexibility index (Phi) is 4.34. The molecule has 14 heavy (non-hydrogen) atoms. The first kappa shape index (κ1) is 11.9. The minimum absolute atomic E-state index is 0.188. The van der Waals surface area contributed by atoms with Crippen molar-refractivity contribution in [3.63, 3.8) is 0 Å². The highest BCUT2D eigenvalue weighted by molar-refractivity contribution is 7.89. The summed E-state index contributed by atoms with van der Waals surface area (Å²) in [6.07, 6.45) is 3.27. The Balaban J connectivity index is 2.47. The zero-order chi connectivity index (χ0) is 10.6. The van der Waals surface area contributed by atoms with Crippen LogP contribution in [0.15, 0.2) is 0 Å². The molecular weight excluding hydrogens is 200 g/mol. The molecule has 4 nitrogen and oxygen atoms in total. The molecule has 0 bridgehead atoms. The normalized spacial score (nSPS) is 21.3. The summed E-state index contributed by atoms with van der Waals surface area (Å²) >= 11 is 0. The lowest BCUT2D eigenvalue weighted by molar-refractivity contribution is 0.319. The fraction of sp³-hybridized carbons (Fsp3) is 1.00. The van der Waals surface area contributed by atoms with Gasteiger partial charge in [0, 0.05) is 19.1 Å². The van der Waals surface area contributed by atoms with Gasteiger partial charge in [-0.1, -0.05) is 13.3 Å². The van der Waals surface area contributed by atoms with Crippen LogP contribution in [0.2, 0.25) is 0 Å². The average molecular weight is 220 g/mol.